The summed E-state index contributed by atoms with van der Waals surface area (Å²) in [5.74, 6) is 0.335. The van der Waals surface area contributed by atoms with Crippen molar-refractivity contribution in [3.8, 4) is 11.5 Å². The Hall–Kier alpha value is -3.09. The van der Waals surface area contributed by atoms with Crippen molar-refractivity contribution in [2.45, 2.75) is 12.8 Å². The summed E-state index contributed by atoms with van der Waals surface area (Å²) in [7, 11) is 3.06. The molecule has 0 saturated carbocycles. The highest BCUT2D eigenvalue weighted by molar-refractivity contribution is 5.99. The van der Waals surface area contributed by atoms with E-state index in [-0.39, 0.29) is 23.2 Å². The minimum atomic E-state index is -0.421. The first-order valence-electron chi connectivity index (χ1n) is 8.78. The fraction of sp³-hybridized carbons (Fsp3) is 0.350. The van der Waals surface area contributed by atoms with Crippen molar-refractivity contribution in [2.75, 3.05) is 27.3 Å². The van der Waals surface area contributed by atoms with Gasteiger partial charge < -0.3 is 19.4 Å². The van der Waals surface area contributed by atoms with E-state index in [2.05, 4.69) is 4.98 Å². The highest BCUT2D eigenvalue weighted by Crippen LogP contribution is 2.30. The SMILES string of the molecule is COc1ccc(C(=O)[C@H]2CCCN(C(=O)c3ccc[nH]c3=O)C2)cc1OC. The van der Waals surface area contributed by atoms with E-state index in [0.717, 1.165) is 0 Å². The fourth-order valence-corrected chi connectivity index (χ4v) is 3.36. The number of carbonyl (C=O) groups excluding carboxylic acids is 2. The summed E-state index contributed by atoms with van der Waals surface area (Å²) in [6, 6.07) is 8.17. The number of aromatic nitrogens is 1. The molecule has 1 amide bonds. The van der Waals surface area contributed by atoms with Gasteiger partial charge in [-0.3, -0.25) is 14.4 Å². The van der Waals surface area contributed by atoms with E-state index in [1.54, 1.807) is 29.2 Å². The van der Waals surface area contributed by atoms with Gasteiger partial charge in [-0.15, -0.1) is 0 Å². The number of aromatic amines is 1. The van der Waals surface area contributed by atoms with E-state index >= 15 is 0 Å². The van der Waals surface area contributed by atoms with Gasteiger partial charge in [0.2, 0.25) is 0 Å². The number of hydrogen-bond acceptors (Lipinski definition) is 5. The molecule has 1 aromatic carbocycles. The van der Waals surface area contributed by atoms with Gasteiger partial charge in [0.25, 0.3) is 11.5 Å². The number of pyridine rings is 1. The summed E-state index contributed by atoms with van der Waals surface area (Å²) < 4.78 is 10.5. The predicted molar refractivity (Wildman–Crippen MR) is 99.6 cm³/mol. The highest BCUT2D eigenvalue weighted by atomic mass is 16.5. The maximum absolute atomic E-state index is 12.9. The molecular weight excluding hydrogens is 348 g/mol. The molecule has 7 nitrogen and oxygen atoms in total. The van der Waals surface area contributed by atoms with E-state index in [9.17, 15) is 14.4 Å². The second kappa shape index (κ2) is 8.07. The molecule has 1 aliphatic heterocycles. The number of likely N-dealkylation sites (tertiary alicyclic amines) is 1. The number of H-pyrrole nitrogens is 1. The second-order valence-electron chi connectivity index (χ2n) is 6.44. The van der Waals surface area contributed by atoms with Gasteiger partial charge in [0.15, 0.2) is 17.3 Å². The van der Waals surface area contributed by atoms with E-state index in [0.29, 0.717) is 43.0 Å². The zero-order chi connectivity index (χ0) is 19.4. The van der Waals surface area contributed by atoms with Crippen molar-refractivity contribution in [1.82, 2.24) is 9.88 Å². The Morgan fingerprint density at radius 3 is 2.63 bits per heavy atom. The number of nitrogens with one attached hydrogen (secondary N) is 1. The van der Waals surface area contributed by atoms with Crippen LogP contribution in [0.3, 0.4) is 0 Å². The van der Waals surface area contributed by atoms with Gasteiger partial charge in [0, 0.05) is 30.8 Å². The number of hydrogen-bond donors (Lipinski definition) is 1. The number of ketones is 1. The average molecular weight is 370 g/mol. The number of benzene rings is 1. The van der Waals surface area contributed by atoms with Gasteiger partial charge in [0.1, 0.15) is 5.56 Å². The molecule has 1 atom stereocenters. The summed E-state index contributed by atoms with van der Waals surface area (Å²) >= 11 is 0. The van der Waals surface area contributed by atoms with Crippen molar-refractivity contribution < 1.29 is 19.1 Å². The molecule has 1 aromatic heterocycles. The molecule has 0 radical (unpaired) electrons. The number of carbonyl (C=O) groups is 2. The zero-order valence-corrected chi connectivity index (χ0v) is 15.4. The van der Waals surface area contributed by atoms with Gasteiger partial charge in [0.05, 0.1) is 14.2 Å². The maximum Gasteiger partial charge on any atom is 0.260 e. The standard InChI is InChI=1S/C20H22N2O5/c1-26-16-8-7-13(11-17(16)27-2)18(23)14-5-4-10-22(12-14)20(25)15-6-3-9-21-19(15)24/h3,6-9,11,14H,4-5,10,12H2,1-2H3,(H,21,24)/t14-/m0/s1. The Bertz CT molecular complexity index is 905. The van der Waals surface area contributed by atoms with Crippen molar-refractivity contribution in [3.63, 3.8) is 0 Å². The van der Waals surface area contributed by atoms with Crippen LogP contribution in [0.5, 0.6) is 11.5 Å². The lowest BCUT2D eigenvalue weighted by Gasteiger charge is -2.32. The van der Waals surface area contributed by atoms with E-state index in [1.807, 2.05) is 0 Å². The van der Waals surface area contributed by atoms with E-state index in [1.165, 1.54) is 26.5 Å². The van der Waals surface area contributed by atoms with Gasteiger partial charge >= 0.3 is 0 Å². The van der Waals surface area contributed by atoms with Crippen LogP contribution in [0.15, 0.2) is 41.3 Å². The number of piperidine rings is 1. The summed E-state index contributed by atoms with van der Waals surface area (Å²) in [6.45, 7) is 0.823. The zero-order valence-electron chi connectivity index (χ0n) is 15.4. The third-order valence-electron chi connectivity index (χ3n) is 4.80. The minimum Gasteiger partial charge on any atom is -0.493 e. The van der Waals surface area contributed by atoms with Crippen LogP contribution >= 0.6 is 0 Å². The van der Waals surface area contributed by atoms with Crippen molar-refractivity contribution in [1.29, 1.82) is 0 Å². The molecule has 1 saturated heterocycles. The Balaban J connectivity index is 1.78. The number of nitrogens with zero attached hydrogens (tertiary/aromatic N) is 1. The van der Waals surface area contributed by atoms with Crippen LogP contribution < -0.4 is 15.0 Å². The first-order chi connectivity index (χ1) is 13.0. The monoisotopic (exact) mass is 370 g/mol. The first-order valence-corrected chi connectivity index (χ1v) is 8.78. The molecular formula is C20H22N2O5. The van der Waals surface area contributed by atoms with Crippen LogP contribution in [0.25, 0.3) is 0 Å². The Morgan fingerprint density at radius 2 is 1.93 bits per heavy atom. The fourth-order valence-electron chi connectivity index (χ4n) is 3.36. The molecule has 3 rings (SSSR count). The summed E-state index contributed by atoms with van der Waals surface area (Å²) in [4.78, 5) is 41.6. The lowest BCUT2D eigenvalue weighted by Crippen LogP contribution is -2.43. The number of rotatable bonds is 5. The molecule has 0 spiro atoms. The molecule has 7 heteroatoms. The van der Waals surface area contributed by atoms with Crippen LogP contribution in [-0.2, 0) is 0 Å². The Morgan fingerprint density at radius 1 is 1.15 bits per heavy atom. The number of ether oxygens (including phenoxy) is 2. The Labute approximate surface area is 156 Å². The van der Waals surface area contributed by atoms with E-state index in [4.69, 9.17) is 9.47 Å². The molecule has 1 N–H and O–H groups in total. The predicted octanol–water partition coefficient (Wildman–Crippen LogP) is 2.13. The smallest absolute Gasteiger partial charge is 0.260 e. The van der Waals surface area contributed by atoms with Gasteiger partial charge in [-0.05, 0) is 43.2 Å². The minimum absolute atomic E-state index is 0.0459. The maximum atomic E-state index is 12.9. The lowest BCUT2D eigenvalue weighted by molar-refractivity contribution is 0.0635. The molecule has 0 bridgehead atoms. The van der Waals surface area contributed by atoms with Crippen molar-refractivity contribution >= 4 is 11.7 Å². The number of Topliss-reactive ketones (excluding diaryl/α,β-unsaturated/α-hetero) is 1. The van der Waals surface area contributed by atoms with Crippen LogP contribution in [-0.4, -0.2) is 48.9 Å². The van der Waals surface area contributed by atoms with Gasteiger partial charge in [-0.1, -0.05) is 0 Å². The quantitative estimate of drug-likeness (QED) is 0.815. The molecule has 142 valence electrons. The average Bonchev–Trinajstić information content (AvgIpc) is 2.72. The molecule has 1 aliphatic rings. The van der Waals surface area contributed by atoms with Crippen molar-refractivity contribution in [3.05, 3.63) is 58.0 Å². The molecule has 27 heavy (non-hydrogen) atoms. The summed E-state index contributed by atoms with van der Waals surface area (Å²) in [5.41, 5.74) is 0.192. The van der Waals surface area contributed by atoms with E-state index < -0.39 is 5.56 Å². The third kappa shape index (κ3) is 3.86. The topological polar surface area (TPSA) is 88.7 Å². The number of amides is 1. The lowest BCUT2D eigenvalue weighted by atomic mass is 9.89. The van der Waals surface area contributed by atoms with Gasteiger partial charge in [-0.2, -0.15) is 0 Å². The van der Waals surface area contributed by atoms with Crippen LogP contribution in [0, 0.1) is 5.92 Å². The molecule has 0 unspecified atom stereocenters. The molecule has 0 aliphatic carbocycles. The van der Waals surface area contributed by atoms with Crippen LogP contribution in [0.2, 0.25) is 0 Å². The molecule has 1 fully saturated rings. The highest BCUT2D eigenvalue weighted by Gasteiger charge is 2.30. The summed E-state index contributed by atoms with van der Waals surface area (Å²) in [5, 5.41) is 0. The molecule has 2 heterocycles. The largest absolute Gasteiger partial charge is 0.493 e. The molecule has 2 aromatic rings. The van der Waals surface area contributed by atoms with Crippen LogP contribution in [0.4, 0.5) is 0 Å². The third-order valence-corrected chi connectivity index (χ3v) is 4.80. The summed E-state index contributed by atoms with van der Waals surface area (Å²) in [6.07, 6.45) is 2.89. The van der Waals surface area contributed by atoms with Crippen molar-refractivity contribution in [2.24, 2.45) is 5.92 Å². The first kappa shape index (κ1) is 18.7. The Kier molecular flexibility index (Phi) is 5.59. The second-order valence-corrected chi connectivity index (χ2v) is 6.44. The van der Waals surface area contributed by atoms with Gasteiger partial charge in [-0.25, -0.2) is 0 Å². The van der Waals surface area contributed by atoms with Crippen LogP contribution in [0.1, 0.15) is 33.6 Å². The number of methoxy groups -OCH3 is 2. The normalized spacial score (nSPS) is 16.7.